The first-order valence-corrected chi connectivity index (χ1v) is 11.2. The molecule has 0 unspecified atom stereocenters. The van der Waals surface area contributed by atoms with Crippen LogP contribution in [0, 0.1) is 11.3 Å². The van der Waals surface area contributed by atoms with Crippen LogP contribution in [0.2, 0.25) is 0 Å². The van der Waals surface area contributed by atoms with Gasteiger partial charge in [-0.1, -0.05) is 45.1 Å². The monoisotopic (exact) mass is 433 g/mol. The predicted molar refractivity (Wildman–Crippen MR) is 125 cm³/mol. The van der Waals surface area contributed by atoms with Crippen molar-refractivity contribution in [3.05, 3.63) is 66.7 Å². The third-order valence-corrected chi connectivity index (χ3v) is 4.83. The molecule has 0 heterocycles. The van der Waals surface area contributed by atoms with Crippen molar-refractivity contribution >= 4 is 17.3 Å². The van der Waals surface area contributed by atoms with Crippen LogP contribution in [-0.4, -0.2) is 19.2 Å². The molecule has 0 saturated carbocycles. The van der Waals surface area contributed by atoms with Gasteiger partial charge in [0.05, 0.1) is 36.2 Å². The smallest absolute Gasteiger partial charge is 0.330 e. The van der Waals surface area contributed by atoms with Crippen LogP contribution in [0.15, 0.2) is 71.4 Å². The first-order chi connectivity index (χ1) is 15.7. The van der Waals surface area contributed by atoms with Crippen molar-refractivity contribution in [3.63, 3.8) is 0 Å². The van der Waals surface area contributed by atoms with E-state index in [1.165, 1.54) is 31.8 Å². The number of ether oxygens (including phenoxy) is 2. The molecule has 0 bridgehead atoms. The maximum absolute atomic E-state index is 10.9. The van der Waals surface area contributed by atoms with E-state index in [0.29, 0.717) is 24.5 Å². The highest BCUT2D eigenvalue weighted by Crippen LogP contribution is 2.22. The number of nitriles is 1. The minimum Gasteiger partial charge on any atom is -0.494 e. The summed E-state index contributed by atoms with van der Waals surface area (Å²) in [5.41, 5.74) is 2.06. The number of nitrogens with zero attached hydrogens (tertiary/aromatic N) is 3. The molecule has 0 aliphatic rings. The van der Waals surface area contributed by atoms with Crippen molar-refractivity contribution in [2.24, 2.45) is 10.2 Å². The molecule has 0 fully saturated rings. The Labute approximate surface area is 190 Å². The average molecular weight is 434 g/mol. The Morgan fingerprint density at radius 1 is 0.812 bits per heavy atom. The van der Waals surface area contributed by atoms with Crippen molar-refractivity contribution in [3.8, 4) is 11.8 Å². The first kappa shape index (κ1) is 24.8. The zero-order chi connectivity index (χ0) is 22.9. The molecule has 6 heteroatoms. The predicted octanol–water partition coefficient (Wildman–Crippen LogP) is 7.20. The van der Waals surface area contributed by atoms with Crippen LogP contribution < -0.4 is 4.74 Å². The lowest BCUT2D eigenvalue weighted by Crippen LogP contribution is -2.01. The van der Waals surface area contributed by atoms with Gasteiger partial charge >= 0.3 is 5.97 Å². The summed E-state index contributed by atoms with van der Waals surface area (Å²) in [6, 6.07) is 16.6. The van der Waals surface area contributed by atoms with Gasteiger partial charge in [-0.25, -0.2) is 4.79 Å². The van der Waals surface area contributed by atoms with E-state index < -0.39 is 0 Å². The molecule has 0 amide bonds. The lowest BCUT2D eigenvalue weighted by molar-refractivity contribution is -0.137. The Kier molecular flexibility index (Phi) is 11.9. The number of unbranched alkanes of at least 4 members (excludes halogenated alkanes) is 7. The highest BCUT2D eigenvalue weighted by Gasteiger charge is 1.98. The summed E-state index contributed by atoms with van der Waals surface area (Å²) in [6.07, 6.45) is 10.2. The number of esters is 1. The van der Waals surface area contributed by atoms with Crippen LogP contribution in [0.4, 0.5) is 11.4 Å². The van der Waals surface area contributed by atoms with Crippen LogP contribution in [0.3, 0.4) is 0 Å². The fraction of sp³-hybridized carbons (Fsp3) is 0.385. The molecule has 6 nitrogen and oxygen atoms in total. The van der Waals surface area contributed by atoms with Gasteiger partial charge in [-0.3, -0.25) is 0 Å². The van der Waals surface area contributed by atoms with E-state index in [4.69, 9.17) is 14.7 Å². The topological polar surface area (TPSA) is 84.0 Å². The second-order valence-corrected chi connectivity index (χ2v) is 7.40. The molecule has 0 radical (unpaired) electrons. The van der Waals surface area contributed by atoms with Gasteiger partial charge < -0.3 is 9.47 Å². The van der Waals surface area contributed by atoms with E-state index >= 15 is 0 Å². The first-order valence-electron chi connectivity index (χ1n) is 11.2. The van der Waals surface area contributed by atoms with E-state index in [9.17, 15) is 4.79 Å². The second-order valence-electron chi connectivity index (χ2n) is 7.40. The molecular formula is C26H31N3O3. The van der Waals surface area contributed by atoms with E-state index in [0.717, 1.165) is 37.1 Å². The molecule has 0 saturated heterocycles. The van der Waals surface area contributed by atoms with Gasteiger partial charge in [-0.05, 0) is 61.4 Å². The van der Waals surface area contributed by atoms with Gasteiger partial charge in [0.2, 0.25) is 0 Å². The lowest BCUT2D eigenvalue weighted by Gasteiger charge is -2.06. The van der Waals surface area contributed by atoms with E-state index in [1.54, 1.807) is 24.3 Å². The van der Waals surface area contributed by atoms with Crippen molar-refractivity contribution < 1.29 is 14.3 Å². The van der Waals surface area contributed by atoms with Crippen LogP contribution in [0.25, 0.3) is 0 Å². The van der Waals surface area contributed by atoms with Crippen molar-refractivity contribution in [2.45, 2.75) is 51.4 Å². The normalized spacial score (nSPS) is 10.6. The summed E-state index contributed by atoms with van der Waals surface area (Å²) in [6.45, 7) is 4.57. The van der Waals surface area contributed by atoms with Gasteiger partial charge in [-0.15, -0.1) is 0 Å². The largest absolute Gasteiger partial charge is 0.494 e. The number of azo groups is 1. The SMILES string of the molecule is C=CC(=O)OCCCCCCCCCCOc1ccc(N=Nc2ccc(C#N)cc2)cc1. The summed E-state index contributed by atoms with van der Waals surface area (Å²) in [5, 5.41) is 17.2. The highest BCUT2D eigenvalue weighted by atomic mass is 16.5. The molecule has 168 valence electrons. The maximum Gasteiger partial charge on any atom is 0.330 e. The molecule has 0 aliphatic heterocycles. The van der Waals surface area contributed by atoms with Crippen molar-refractivity contribution in [1.82, 2.24) is 0 Å². The molecule has 0 aliphatic carbocycles. The van der Waals surface area contributed by atoms with E-state index in [-0.39, 0.29) is 5.97 Å². The number of carbonyl (C=O) groups is 1. The van der Waals surface area contributed by atoms with Crippen LogP contribution in [0.1, 0.15) is 56.9 Å². The van der Waals surface area contributed by atoms with E-state index in [2.05, 4.69) is 22.9 Å². The fourth-order valence-electron chi connectivity index (χ4n) is 3.01. The van der Waals surface area contributed by atoms with E-state index in [1.807, 2.05) is 24.3 Å². The Bertz CT molecular complexity index is 884. The third kappa shape index (κ3) is 10.5. The number of rotatable bonds is 15. The summed E-state index contributed by atoms with van der Waals surface area (Å²) >= 11 is 0. The minimum atomic E-state index is -0.339. The molecule has 2 aromatic carbocycles. The molecular weight excluding hydrogens is 402 g/mol. The van der Waals surface area contributed by atoms with Crippen LogP contribution >= 0.6 is 0 Å². The summed E-state index contributed by atoms with van der Waals surface area (Å²) in [7, 11) is 0. The molecule has 0 atom stereocenters. The quantitative estimate of drug-likeness (QED) is 0.129. The number of hydrogen-bond acceptors (Lipinski definition) is 6. The van der Waals surface area contributed by atoms with Gasteiger partial charge in [0.15, 0.2) is 0 Å². The molecule has 2 rings (SSSR count). The number of carbonyl (C=O) groups excluding carboxylic acids is 1. The fourth-order valence-corrected chi connectivity index (χ4v) is 3.01. The van der Waals surface area contributed by atoms with Crippen LogP contribution in [0.5, 0.6) is 5.75 Å². The molecule has 0 N–H and O–H groups in total. The summed E-state index contributed by atoms with van der Waals surface area (Å²) in [4.78, 5) is 10.9. The minimum absolute atomic E-state index is 0.339. The van der Waals surface area contributed by atoms with Gasteiger partial charge in [0.1, 0.15) is 5.75 Å². The standard InChI is InChI=1S/C26H31N3O3/c1-2-26(30)32-20-10-8-6-4-3-5-7-9-19-31-25-17-15-24(16-18-25)29-28-23-13-11-22(21-27)12-14-23/h2,11-18H,1,3-10,19-20H2. The Balaban J connectivity index is 1.50. The Morgan fingerprint density at radius 3 is 1.84 bits per heavy atom. The summed E-state index contributed by atoms with van der Waals surface area (Å²) in [5.74, 6) is 0.493. The highest BCUT2D eigenvalue weighted by molar-refractivity contribution is 5.81. The summed E-state index contributed by atoms with van der Waals surface area (Å²) < 4.78 is 10.8. The Hall–Kier alpha value is -3.46. The van der Waals surface area contributed by atoms with Gasteiger partial charge in [0, 0.05) is 6.08 Å². The van der Waals surface area contributed by atoms with Crippen molar-refractivity contribution in [2.75, 3.05) is 13.2 Å². The molecule has 0 aromatic heterocycles. The second kappa shape index (κ2) is 15.4. The number of hydrogen-bond donors (Lipinski definition) is 0. The zero-order valence-electron chi connectivity index (χ0n) is 18.5. The van der Waals surface area contributed by atoms with Crippen molar-refractivity contribution in [1.29, 1.82) is 5.26 Å². The Morgan fingerprint density at radius 2 is 1.31 bits per heavy atom. The van der Waals surface area contributed by atoms with Gasteiger partial charge in [-0.2, -0.15) is 15.5 Å². The maximum atomic E-state index is 10.9. The molecule has 32 heavy (non-hydrogen) atoms. The molecule has 0 spiro atoms. The average Bonchev–Trinajstić information content (AvgIpc) is 2.84. The number of benzene rings is 2. The van der Waals surface area contributed by atoms with Crippen LogP contribution in [-0.2, 0) is 9.53 Å². The van der Waals surface area contributed by atoms with Gasteiger partial charge in [0.25, 0.3) is 0 Å². The lowest BCUT2D eigenvalue weighted by atomic mass is 10.1. The third-order valence-electron chi connectivity index (χ3n) is 4.83. The molecule has 2 aromatic rings. The zero-order valence-corrected chi connectivity index (χ0v) is 18.5.